The Morgan fingerprint density at radius 3 is 2.40 bits per heavy atom. The highest BCUT2D eigenvalue weighted by Crippen LogP contribution is 2.43. The SMILES string of the molecule is Cc1nc(-n2cccn2)c(-c2ccc(OCCc3ccc(F)cc3)cc2)c(N2CCC(C)(C)CC2)c1CC(=O)O. The molecular formula is C32H35FN4O3. The highest BCUT2D eigenvalue weighted by molar-refractivity contribution is 5.89. The van der Waals surface area contributed by atoms with Crippen molar-refractivity contribution in [1.82, 2.24) is 14.8 Å². The zero-order valence-corrected chi connectivity index (χ0v) is 23.2. The van der Waals surface area contributed by atoms with Crippen molar-refractivity contribution >= 4 is 11.7 Å². The van der Waals surface area contributed by atoms with Crippen molar-refractivity contribution in [2.24, 2.45) is 5.41 Å². The van der Waals surface area contributed by atoms with Crippen LogP contribution in [0.15, 0.2) is 67.0 Å². The zero-order chi connectivity index (χ0) is 28.3. The molecule has 40 heavy (non-hydrogen) atoms. The van der Waals surface area contributed by atoms with Crippen molar-refractivity contribution in [2.75, 3.05) is 24.6 Å². The molecule has 0 atom stereocenters. The lowest BCUT2D eigenvalue weighted by atomic mass is 9.82. The van der Waals surface area contributed by atoms with E-state index in [9.17, 15) is 14.3 Å². The first-order valence-corrected chi connectivity index (χ1v) is 13.7. The van der Waals surface area contributed by atoms with Crippen molar-refractivity contribution in [3.63, 3.8) is 0 Å². The number of nitrogens with zero attached hydrogens (tertiary/aromatic N) is 4. The van der Waals surface area contributed by atoms with Crippen LogP contribution in [0.5, 0.6) is 5.75 Å². The van der Waals surface area contributed by atoms with E-state index in [-0.39, 0.29) is 17.7 Å². The molecule has 0 amide bonds. The number of anilines is 1. The van der Waals surface area contributed by atoms with E-state index in [1.165, 1.54) is 12.1 Å². The Bertz CT molecular complexity index is 1460. The Balaban J connectivity index is 1.52. The Hall–Kier alpha value is -4.20. The minimum Gasteiger partial charge on any atom is -0.493 e. The first-order chi connectivity index (χ1) is 19.2. The molecule has 3 heterocycles. The van der Waals surface area contributed by atoms with Crippen LogP contribution < -0.4 is 9.64 Å². The highest BCUT2D eigenvalue weighted by Gasteiger charge is 2.31. The van der Waals surface area contributed by atoms with Gasteiger partial charge in [0.25, 0.3) is 0 Å². The molecule has 0 saturated carbocycles. The van der Waals surface area contributed by atoms with Crippen molar-refractivity contribution in [3.8, 4) is 22.7 Å². The molecule has 7 nitrogen and oxygen atoms in total. The zero-order valence-electron chi connectivity index (χ0n) is 23.2. The molecule has 0 bridgehead atoms. The van der Waals surface area contributed by atoms with Crippen molar-refractivity contribution < 1.29 is 19.0 Å². The van der Waals surface area contributed by atoms with Crippen LogP contribution in [0.3, 0.4) is 0 Å². The molecule has 1 aliphatic rings. The fraction of sp³-hybridized carbons (Fsp3) is 0.344. The lowest BCUT2D eigenvalue weighted by Crippen LogP contribution is -2.38. The normalized spacial score (nSPS) is 14.8. The Morgan fingerprint density at radius 1 is 1.07 bits per heavy atom. The molecule has 8 heteroatoms. The number of carboxylic acid groups (broad SMARTS) is 1. The number of piperidine rings is 1. The van der Waals surface area contributed by atoms with Gasteiger partial charge in [0.05, 0.1) is 24.3 Å². The van der Waals surface area contributed by atoms with E-state index >= 15 is 0 Å². The van der Waals surface area contributed by atoms with E-state index in [1.807, 2.05) is 43.5 Å². The minimum absolute atomic E-state index is 0.106. The minimum atomic E-state index is -0.883. The van der Waals surface area contributed by atoms with Gasteiger partial charge < -0.3 is 14.7 Å². The number of ether oxygens (including phenoxy) is 1. The largest absolute Gasteiger partial charge is 0.493 e. The molecule has 0 radical (unpaired) electrons. The summed E-state index contributed by atoms with van der Waals surface area (Å²) < 4.78 is 20.9. The van der Waals surface area contributed by atoms with E-state index in [1.54, 1.807) is 23.0 Å². The number of rotatable bonds is 9. The number of aryl methyl sites for hydroxylation is 1. The molecule has 1 aliphatic heterocycles. The smallest absolute Gasteiger partial charge is 0.307 e. The fourth-order valence-electron chi connectivity index (χ4n) is 5.24. The van der Waals surface area contributed by atoms with Gasteiger partial charge in [0.2, 0.25) is 0 Å². The number of hydrogen-bond acceptors (Lipinski definition) is 5. The molecular weight excluding hydrogens is 507 g/mol. The summed E-state index contributed by atoms with van der Waals surface area (Å²) in [5.74, 6) is 0.255. The fourth-order valence-corrected chi connectivity index (χ4v) is 5.24. The lowest BCUT2D eigenvalue weighted by molar-refractivity contribution is -0.136. The topological polar surface area (TPSA) is 80.5 Å². The van der Waals surface area contributed by atoms with Crippen LogP contribution in [-0.4, -0.2) is 45.5 Å². The maximum atomic E-state index is 13.2. The summed E-state index contributed by atoms with van der Waals surface area (Å²) in [6.45, 7) is 8.58. The molecule has 5 rings (SSSR count). The van der Waals surface area contributed by atoms with Crippen LogP contribution in [0, 0.1) is 18.2 Å². The van der Waals surface area contributed by atoms with Gasteiger partial charge in [-0.3, -0.25) is 4.79 Å². The van der Waals surface area contributed by atoms with E-state index < -0.39 is 5.97 Å². The van der Waals surface area contributed by atoms with E-state index in [4.69, 9.17) is 9.72 Å². The third-order valence-electron chi connectivity index (χ3n) is 7.65. The summed E-state index contributed by atoms with van der Waals surface area (Å²) >= 11 is 0. The molecule has 1 N–H and O–H groups in total. The molecule has 2 aromatic carbocycles. The van der Waals surface area contributed by atoms with Crippen molar-refractivity contribution in [2.45, 2.75) is 46.5 Å². The van der Waals surface area contributed by atoms with Gasteiger partial charge >= 0.3 is 5.97 Å². The van der Waals surface area contributed by atoms with Gasteiger partial charge in [0, 0.05) is 43.2 Å². The number of aliphatic carboxylic acids is 1. The molecule has 1 saturated heterocycles. The third-order valence-corrected chi connectivity index (χ3v) is 7.65. The Kier molecular flexibility index (Phi) is 7.87. The summed E-state index contributed by atoms with van der Waals surface area (Å²) in [7, 11) is 0. The second-order valence-electron chi connectivity index (χ2n) is 11.1. The summed E-state index contributed by atoms with van der Waals surface area (Å²) in [5.41, 5.74) is 5.37. The highest BCUT2D eigenvalue weighted by atomic mass is 19.1. The first kappa shape index (κ1) is 27.4. The van der Waals surface area contributed by atoms with Crippen LogP contribution in [0.2, 0.25) is 0 Å². The molecule has 208 valence electrons. The van der Waals surface area contributed by atoms with Crippen LogP contribution in [-0.2, 0) is 17.6 Å². The number of aromatic nitrogens is 3. The average molecular weight is 543 g/mol. The Morgan fingerprint density at radius 2 is 1.77 bits per heavy atom. The predicted molar refractivity (Wildman–Crippen MR) is 154 cm³/mol. The molecule has 0 spiro atoms. The number of hydrogen-bond donors (Lipinski definition) is 1. The lowest BCUT2D eigenvalue weighted by Gasteiger charge is -2.40. The predicted octanol–water partition coefficient (Wildman–Crippen LogP) is 6.26. The van der Waals surface area contributed by atoms with E-state index in [0.717, 1.165) is 59.6 Å². The van der Waals surface area contributed by atoms with Gasteiger partial charge in [-0.2, -0.15) is 5.10 Å². The number of pyridine rings is 1. The van der Waals surface area contributed by atoms with Gasteiger partial charge in [0.15, 0.2) is 5.82 Å². The average Bonchev–Trinajstić information content (AvgIpc) is 3.46. The molecule has 1 fully saturated rings. The summed E-state index contributed by atoms with van der Waals surface area (Å²) in [6.07, 6.45) is 6.16. The van der Waals surface area contributed by atoms with Gasteiger partial charge in [0.1, 0.15) is 11.6 Å². The van der Waals surface area contributed by atoms with E-state index in [0.29, 0.717) is 24.5 Å². The summed E-state index contributed by atoms with van der Waals surface area (Å²) in [4.78, 5) is 19.2. The van der Waals surface area contributed by atoms with Crippen molar-refractivity contribution in [3.05, 3.63) is 89.6 Å². The maximum absolute atomic E-state index is 13.2. The number of carbonyl (C=O) groups is 1. The quantitative estimate of drug-likeness (QED) is 0.269. The Labute approximate surface area is 234 Å². The number of carboxylic acids is 1. The first-order valence-electron chi connectivity index (χ1n) is 13.7. The maximum Gasteiger partial charge on any atom is 0.307 e. The molecule has 2 aromatic heterocycles. The standard InChI is InChI=1S/C32H35FN4O3/c1-22-27(21-28(38)39)30(36-18-14-32(2,3)15-19-36)29(31(35-22)37-17-4-16-34-37)24-7-11-26(12-8-24)40-20-13-23-5-9-25(33)10-6-23/h4-12,16-17H,13-15,18-21H2,1-3H3,(H,38,39). The molecule has 0 unspecified atom stereocenters. The van der Waals surface area contributed by atoms with Crippen LogP contribution in [0.1, 0.15) is 43.5 Å². The second-order valence-corrected chi connectivity index (χ2v) is 11.1. The third kappa shape index (κ3) is 6.17. The molecule has 4 aromatic rings. The number of halogens is 1. The van der Waals surface area contributed by atoms with Crippen molar-refractivity contribution in [1.29, 1.82) is 0 Å². The summed E-state index contributed by atoms with van der Waals surface area (Å²) in [5, 5.41) is 14.3. The summed E-state index contributed by atoms with van der Waals surface area (Å²) in [6, 6.07) is 16.1. The van der Waals surface area contributed by atoms with Gasteiger partial charge in [-0.25, -0.2) is 14.1 Å². The van der Waals surface area contributed by atoms with Crippen LogP contribution >= 0.6 is 0 Å². The van der Waals surface area contributed by atoms with Crippen LogP contribution in [0.4, 0.5) is 10.1 Å². The van der Waals surface area contributed by atoms with Gasteiger partial charge in [-0.1, -0.05) is 38.1 Å². The monoisotopic (exact) mass is 542 g/mol. The van der Waals surface area contributed by atoms with E-state index in [2.05, 4.69) is 23.8 Å². The van der Waals surface area contributed by atoms with Crippen LogP contribution in [0.25, 0.3) is 16.9 Å². The second kappa shape index (κ2) is 11.5. The molecule has 0 aliphatic carbocycles. The number of benzene rings is 2. The van der Waals surface area contributed by atoms with Gasteiger partial charge in [-0.05, 0) is 66.6 Å². The van der Waals surface area contributed by atoms with Gasteiger partial charge in [-0.15, -0.1) is 0 Å².